The lowest BCUT2D eigenvalue weighted by molar-refractivity contribution is 0.0425. The van der Waals surface area contributed by atoms with Crippen molar-refractivity contribution >= 4 is 23.9 Å². The number of carbonyl (C=O) groups excluding carboxylic acids is 4. The molecule has 0 saturated carbocycles. The second-order valence-electron chi connectivity index (χ2n) is 5.37. The second kappa shape index (κ2) is 5.73. The first-order chi connectivity index (χ1) is 12.5. The molecule has 0 amide bonds. The second-order valence-corrected chi connectivity index (χ2v) is 5.37. The van der Waals surface area contributed by atoms with E-state index in [1.165, 1.54) is 24.3 Å². The standard InChI is InChI=1S/C20H6O6/c21-17-13-7-5-11(9-15(13)19(23)25-17)3-1-2-4-12-6-8-14-16(10-12)20(24)26-18(14)22/h5-10H. The minimum Gasteiger partial charge on any atom is -0.386 e. The lowest BCUT2D eigenvalue weighted by Gasteiger charge is -1.93. The SMILES string of the molecule is O=C1OC(=O)c2cc(C#CC#Cc3ccc4c(c3)C(=O)OC4=O)ccc21. The molecular formula is C20H6O6. The van der Waals surface area contributed by atoms with Gasteiger partial charge < -0.3 is 9.47 Å². The van der Waals surface area contributed by atoms with Crippen molar-refractivity contribution in [3.63, 3.8) is 0 Å². The van der Waals surface area contributed by atoms with Crippen molar-refractivity contribution < 1.29 is 28.7 Å². The summed E-state index contributed by atoms with van der Waals surface area (Å²) < 4.78 is 9.01. The molecule has 0 aliphatic carbocycles. The predicted molar refractivity (Wildman–Crippen MR) is 86.1 cm³/mol. The smallest absolute Gasteiger partial charge is 0.346 e. The van der Waals surface area contributed by atoms with Gasteiger partial charge in [0.2, 0.25) is 0 Å². The van der Waals surface area contributed by atoms with Crippen LogP contribution in [0.15, 0.2) is 36.4 Å². The van der Waals surface area contributed by atoms with E-state index in [2.05, 4.69) is 33.2 Å². The Kier molecular flexibility index (Phi) is 3.39. The van der Waals surface area contributed by atoms with Gasteiger partial charge in [0.05, 0.1) is 22.3 Å². The van der Waals surface area contributed by atoms with Crippen LogP contribution >= 0.6 is 0 Å². The lowest BCUT2D eigenvalue weighted by Crippen LogP contribution is -1.96. The molecule has 0 radical (unpaired) electrons. The Hall–Kier alpha value is -4.16. The Morgan fingerprint density at radius 2 is 0.923 bits per heavy atom. The number of benzene rings is 2. The van der Waals surface area contributed by atoms with Crippen molar-refractivity contribution in [3.05, 3.63) is 69.8 Å². The van der Waals surface area contributed by atoms with Crippen LogP contribution in [0.4, 0.5) is 0 Å². The molecule has 0 bridgehead atoms. The summed E-state index contributed by atoms with van der Waals surface area (Å²) in [5.41, 5.74) is 1.80. The highest BCUT2D eigenvalue weighted by Gasteiger charge is 2.30. The Bertz CT molecular complexity index is 1070. The number of hydrogen-bond acceptors (Lipinski definition) is 6. The summed E-state index contributed by atoms with van der Waals surface area (Å²) in [6.07, 6.45) is 0. The highest BCUT2D eigenvalue weighted by molar-refractivity contribution is 6.15. The maximum absolute atomic E-state index is 11.5. The van der Waals surface area contributed by atoms with Gasteiger partial charge >= 0.3 is 23.9 Å². The molecule has 0 atom stereocenters. The van der Waals surface area contributed by atoms with Gasteiger partial charge in [-0.05, 0) is 48.2 Å². The molecular weight excluding hydrogens is 336 g/mol. The van der Waals surface area contributed by atoms with Crippen LogP contribution in [0.5, 0.6) is 0 Å². The van der Waals surface area contributed by atoms with Crippen LogP contribution in [-0.2, 0) is 9.47 Å². The Morgan fingerprint density at radius 1 is 0.538 bits per heavy atom. The van der Waals surface area contributed by atoms with Gasteiger partial charge in [-0.25, -0.2) is 19.2 Å². The van der Waals surface area contributed by atoms with Gasteiger partial charge in [-0.3, -0.25) is 0 Å². The van der Waals surface area contributed by atoms with E-state index in [1.807, 2.05) is 0 Å². The lowest BCUT2D eigenvalue weighted by atomic mass is 10.1. The molecule has 0 spiro atoms. The first kappa shape index (κ1) is 15.4. The molecule has 2 aliphatic rings. The Labute approximate surface area is 146 Å². The fourth-order valence-electron chi connectivity index (χ4n) is 2.53. The van der Waals surface area contributed by atoms with Gasteiger partial charge in [-0.2, -0.15) is 0 Å². The van der Waals surface area contributed by atoms with Gasteiger partial charge in [-0.15, -0.1) is 0 Å². The molecule has 26 heavy (non-hydrogen) atoms. The van der Waals surface area contributed by atoms with E-state index in [4.69, 9.17) is 0 Å². The molecule has 0 fully saturated rings. The van der Waals surface area contributed by atoms with Crippen molar-refractivity contribution in [3.8, 4) is 23.7 Å². The van der Waals surface area contributed by atoms with E-state index in [-0.39, 0.29) is 22.3 Å². The van der Waals surface area contributed by atoms with Gasteiger partial charge in [0, 0.05) is 11.1 Å². The summed E-state index contributed by atoms with van der Waals surface area (Å²) in [7, 11) is 0. The molecule has 0 N–H and O–H groups in total. The van der Waals surface area contributed by atoms with Gasteiger partial charge in [0.1, 0.15) is 0 Å². The summed E-state index contributed by atoms with van der Waals surface area (Å²) in [4.78, 5) is 45.8. The molecule has 2 heterocycles. The maximum atomic E-state index is 11.5. The third-order valence-corrected chi connectivity index (χ3v) is 3.77. The number of rotatable bonds is 0. The molecule has 4 rings (SSSR count). The zero-order chi connectivity index (χ0) is 18.3. The molecule has 6 nitrogen and oxygen atoms in total. The van der Waals surface area contributed by atoms with Crippen LogP contribution in [-0.4, -0.2) is 23.9 Å². The van der Waals surface area contributed by atoms with Crippen molar-refractivity contribution in [2.75, 3.05) is 0 Å². The third-order valence-electron chi connectivity index (χ3n) is 3.77. The normalized spacial score (nSPS) is 13.7. The highest BCUT2D eigenvalue weighted by atomic mass is 16.6. The minimum absolute atomic E-state index is 0.177. The van der Waals surface area contributed by atoms with Crippen LogP contribution in [0, 0.1) is 23.7 Å². The van der Waals surface area contributed by atoms with E-state index in [9.17, 15) is 19.2 Å². The third kappa shape index (κ3) is 2.52. The average molecular weight is 342 g/mol. The van der Waals surface area contributed by atoms with E-state index < -0.39 is 23.9 Å². The summed E-state index contributed by atoms with van der Waals surface area (Å²) in [5, 5.41) is 0. The molecule has 2 aliphatic heterocycles. The first-order valence-electron chi connectivity index (χ1n) is 7.36. The van der Waals surface area contributed by atoms with Crippen molar-refractivity contribution in [2.24, 2.45) is 0 Å². The van der Waals surface area contributed by atoms with Crippen LogP contribution < -0.4 is 0 Å². The number of fused-ring (bicyclic) bond motifs is 2. The quantitative estimate of drug-likeness (QED) is 0.412. The Balaban J connectivity index is 1.58. The molecule has 2 aromatic carbocycles. The van der Waals surface area contributed by atoms with E-state index in [0.29, 0.717) is 11.1 Å². The molecule has 6 heteroatoms. The topological polar surface area (TPSA) is 86.7 Å². The summed E-state index contributed by atoms with van der Waals surface area (Å²) in [6.45, 7) is 0. The maximum Gasteiger partial charge on any atom is 0.346 e. The van der Waals surface area contributed by atoms with Gasteiger partial charge in [0.15, 0.2) is 0 Å². The molecule has 0 saturated heterocycles. The summed E-state index contributed by atoms with van der Waals surface area (Å²) in [6, 6.07) is 9.06. The number of hydrogen-bond donors (Lipinski definition) is 0. The predicted octanol–water partition coefficient (Wildman–Crippen LogP) is 1.71. The summed E-state index contributed by atoms with van der Waals surface area (Å²) >= 11 is 0. The largest absolute Gasteiger partial charge is 0.386 e. The number of esters is 4. The monoisotopic (exact) mass is 342 g/mol. The molecule has 122 valence electrons. The van der Waals surface area contributed by atoms with Crippen molar-refractivity contribution in [1.82, 2.24) is 0 Å². The van der Waals surface area contributed by atoms with Gasteiger partial charge in [-0.1, -0.05) is 11.8 Å². The van der Waals surface area contributed by atoms with E-state index in [1.54, 1.807) is 12.1 Å². The van der Waals surface area contributed by atoms with E-state index in [0.717, 1.165) is 0 Å². The molecule has 0 aromatic heterocycles. The first-order valence-corrected chi connectivity index (χ1v) is 7.36. The average Bonchev–Trinajstić information content (AvgIpc) is 3.07. The number of cyclic esters (lactones) is 4. The zero-order valence-electron chi connectivity index (χ0n) is 12.9. The highest BCUT2D eigenvalue weighted by Crippen LogP contribution is 2.21. The zero-order valence-corrected chi connectivity index (χ0v) is 12.9. The van der Waals surface area contributed by atoms with Crippen LogP contribution in [0.2, 0.25) is 0 Å². The van der Waals surface area contributed by atoms with Crippen molar-refractivity contribution in [1.29, 1.82) is 0 Å². The summed E-state index contributed by atoms with van der Waals surface area (Å²) in [5.74, 6) is 8.04. The fourth-order valence-corrected chi connectivity index (χ4v) is 2.53. The van der Waals surface area contributed by atoms with Crippen LogP contribution in [0.1, 0.15) is 52.6 Å². The van der Waals surface area contributed by atoms with E-state index >= 15 is 0 Å². The van der Waals surface area contributed by atoms with Crippen LogP contribution in [0.25, 0.3) is 0 Å². The van der Waals surface area contributed by atoms with Gasteiger partial charge in [0.25, 0.3) is 0 Å². The Morgan fingerprint density at radius 3 is 1.35 bits per heavy atom. The molecule has 0 unspecified atom stereocenters. The minimum atomic E-state index is -0.695. The fraction of sp³-hybridized carbons (Fsp3) is 0. The number of carbonyl (C=O) groups is 4. The van der Waals surface area contributed by atoms with Crippen LogP contribution in [0.3, 0.4) is 0 Å². The van der Waals surface area contributed by atoms with Crippen molar-refractivity contribution in [2.45, 2.75) is 0 Å². The molecule has 2 aromatic rings. The number of ether oxygens (including phenoxy) is 2.